The molecule has 0 aliphatic heterocycles. The van der Waals surface area contributed by atoms with Crippen molar-refractivity contribution in [2.24, 2.45) is 0 Å². The molecule has 0 fully saturated rings. The fourth-order valence-electron chi connectivity index (χ4n) is 2.74. The number of hydrogen-bond donors (Lipinski definition) is 1. The summed E-state index contributed by atoms with van der Waals surface area (Å²) in [5.41, 5.74) is 2.40. The summed E-state index contributed by atoms with van der Waals surface area (Å²) in [6.45, 7) is -0.253. The van der Waals surface area contributed by atoms with Gasteiger partial charge in [-0.05, 0) is 65.7 Å². The predicted octanol–water partition coefficient (Wildman–Crippen LogP) is 5.57. The lowest BCUT2D eigenvalue weighted by Crippen LogP contribution is -2.20. The Kier molecular flexibility index (Phi) is 7.26. The van der Waals surface area contributed by atoms with Crippen molar-refractivity contribution in [2.75, 3.05) is 19.0 Å². The molecule has 156 valence electrons. The van der Waals surface area contributed by atoms with Crippen LogP contribution in [0.25, 0.3) is 11.6 Å². The van der Waals surface area contributed by atoms with Crippen molar-refractivity contribution >= 4 is 34.8 Å². The maximum atomic E-state index is 12.9. The first-order valence-electron chi connectivity index (χ1n) is 9.22. The second-order valence-electron chi connectivity index (χ2n) is 6.43. The smallest absolute Gasteiger partial charge is 0.262 e. The van der Waals surface area contributed by atoms with E-state index in [2.05, 4.69) is 11.4 Å². The highest BCUT2D eigenvalue weighted by Crippen LogP contribution is 2.30. The Morgan fingerprint density at radius 3 is 2.45 bits per heavy atom. The highest BCUT2D eigenvalue weighted by molar-refractivity contribution is 6.30. The number of allylic oxidation sites excluding steroid dienone is 1. The second-order valence-corrected chi connectivity index (χ2v) is 6.87. The molecule has 0 aliphatic carbocycles. The molecule has 0 spiro atoms. The lowest BCUT2D eigenvalue weighted by Gasteiger charge is -2.12. The van der Waals surface area contributed by atoms with E-state index in [0.29, 0.717) is 27.8 Å². The molecule has 7 heteroatoms. The van der Waals surface area contributed by atoms with Crippen LogP contribution in [-0.2, 0) is 4.79 Å². The Balaban J connectivity index is 1.70. The minimum Gasteiger partial charge on any atom is -0.493 e. The number of carbonyl (C=O) groups excluding carboxylic acids is 1. The number of nitriles is 1. The van der Waals surface area contributed by atoms with Gasteiger partial charge in [0.2, 0.25) is 0 Å². The average molecular weight is 437 g/mol. The van der Waals surface area contributed by atoms with Crippen molar-refractivity contribution in [3.63, 3.8) is 0 Å². The Labute approximate surface area is 184 Å². The van der Waals surface area contributed by atoms with Gasteiger partial charge in [-0.1, -0.05) is 29.8 Å². The molecule has 0 atom stereocenters. The van der Waals surface area contributed by atoms with Gasteiger partial charge in [-0.3, -0.25) is 4.79 Å². The first-order chi connectivity index (χ1) is 15.0. The van der Waals surface area contributed by atoms with Crippen LogP contribution in [0, 0.1) is 17.1 Å². The molecule has 0 unspecified atom stereocenters. The summed E-state index contributed by atoms with van der Waals surface area (Å²) < 4.78 is 23.9. The monoisotopic (exact) mass is 436 g/mol. The molecule has 1 N–H and O–H groups in total. The van der Waals surface area contributed by atoms with Crippen LogP contribution < -0.4 is 14.8 Å². The van der Waals surface area contributed by atoms with Gasteiger partial charge in [0.25, 0.3) is 5.91 Å². The average Bonchev–Trinajstić information content (AvgIpc) is 2.78. The van der Waals surface area contributed by atoms with E-state index in [-0.39, 0.29) is 12.4 Å². The number of benzene rings is 3. The van der Waals surface area contributed by atoms with E-state index in [4.69, 9.17) is 21.1 Å². The number of hydrogen-bond acceptors (Lipinski definition) is 4. The summed E-state index contributed by atoms with van der Waals surface area (Å²) in [5, 5.41) is 12.7. The standard InChI is InChI=1S/C24H18ClFN2O3/c1-30-23-13-16(12-18(14-27)17-3-5-19(25)6-4-17)2-11-22(23)31-15-24(29)28-21-9-7-20(26)8-10-21/h2-13H,15H2,1H3,(H,28,29)/b18-12+. The van der Waals surface area contributed by atoms with Crippen molar-refractivity contribution < 1.29 is 18.7 Å². The third kappa shape index (κ3) is 6.08. The van der Waals surface area contributed by atoms with E-state index in [1.807, 2.05) is 0 Å². The number of halogens is 2. The summed E-state index contributed by atoms with van der Waals surface area (Å²) in [6, 6.07) is 19.7. The summed E-state index contributed by atoms with van der Waals surface area (Å²) in [6.07, 6.45) is 1.72. The predicted molar refractivity (Wildman–Crippen MR) is 118 cm³/mol. The molecular weight excluding hydrogens is 419 g/mol. The molecule has 5 nitrogen and oxygen atoms in total. The normalized spacial score (nSPS) is 10.8. The molecule has 3 aromatic carbocycles. The number of methoxy groups -OCH3 is 1. The molecule has 0 saturated heterocycles. The van der Waals surface area contributed by atoms with Crippen LogP contribution in [0.3, 0.4) is 0 Å². The molecule has 0 saturated carbocycles. The summed E-state index contributed by atoms with van der Waals surface area (Å²) in [4.78, 5) is 12.1. The van der Waals surface area contributed by atoms with Crippen LogP contribution in [0.2, 0.25) is 5.02 Å². The first kappa shape index (κ1) is 21.9. The number of nitrogens with zero attached hydrogens (tertiary/aromatic N) is 1. The molecule has 0 radical (unpaired) electrons. The maximum absolute atomic E-state index is 12.9. The van der Waals surface area contributed by atoms with E-state index in [9.17, 15) is 14.4 Å². The molecule has 0 aliphatic rings. The fraction of sp³-hybridized carbons (Fsp3) is 0.0833. The SMILES string of the molecule is COc1cc(/C=C(\C#N)c2ccc(Cl)cc2)ccc1OCC(=O)Nc1ccc(F)cc1. The number of carbonyl (C=O) groups is 1. The zero-order valence-corrected chi connectivity index (χ0v) is 17.3. The van der Waals surface area contributed by atoms with Crippen LogP contribution >= 0.6 is 11.6 Å². The maximum Gasteiger partial charge on any atom is 0.262 e. The molecule has 1 amide bonds. The topological polar surface area (TPSA) is 71.3 Å². The Bertz CT molecular complexity index is 1140. The molecule has 0 bridgehead atoms. The van der Waals surface area contributed by atoms with Gasteiger partial charge in [0.05, 0.1) is 18.8 Å². The third-order valence-electron chi connectivity index (χ3n) is 4.26. The van der Waals surface area contributed by atoms with Crippen molar-refractivity contribution in [1.82, 2.24) is 0 Å². The molecule has 31 heavy (non-hydrogen) atoms. The number of nitrogens with one attached hydrogen (secondary N) is 1. The highest BCUT2D eigenvalue weighted by Gasteiger charge is 2.10. The number of ether oxygens (including phenoxy) is 2. The van der Waals surface area contributed by atoms with Gasteiger partial charge in [0.15, 0.2) is 18.1 Å². The summed E-state index contributed by atoms with van der Waals surface area (Å²) >= 11 is 5.90. The molecule has 0 heterocycles. The van der Waals surface area contributed by atoms with Gasteiger partial charge < -0.3 is 14.8 Å². The highest BCUT2D eigenvalue weighted by atomic mass is 35.5. The number of rotatable bonds is 7. The molecule has 3 aromatic rings. The van der Waals surface area contributed by atoms with Crippen LogP contribution in [0.5, 0.6) is 11.5 Å². The van der Waals surface area contributed by atoms with Crippen LogP contribution in [0.15, 0.2) is 66.7 Å². The molecule has 0 aromatic heterocycles. The van der Waals surface area contributed by atoms with Crippen molar-refractivity contribution in [3.8, 4) is 17.6 Å². The lowest BCUT2D eigenvalue weighted by molar-refractivity contribution is -0.118. The van der Waals surface area contributed by atoms with Gasteiger partial charge in [-0.25, -0.2) is 4.39 Å². The first-order valence-corrected chi connectivity index (χ1v) is 9.60. The molecular formula is C24H18ClFN2O3. The summed E-state index contributed by atoms with van der Waals surface area (Å²) in [5.74, 6) is 0.00603. The van der Waals surface area contributed by atoms with E-state index < -0.39 is 5.91 Å². The van der Waals surface area contributed by atoms with E-state index >= 15 is 0 Å². The van der Waals surface area contributed by atoms with Crippen molar-refractivity contribution in [1.29, 1.82) is 5.26 Å². The van der Waals surface area contributed by atoms with Gasteiger partial charge in [0.1, 0.15) is 5.82 Å². The van der Waals surface area contributed by atoms with Crippen LogP contribution in [-0.4, -0.2) is 19.6 Å². The Morgan fingerprint density at radius 1 is 1.10 bits per heavy atom. The Hall–Kier alpha value is -3.82. The lowest BCUT2D eigenvalue weighted by atomic mass is 10.0. The Morgan fingerprint density at radius 2 is 1.81 bits per heavy atom. The third-order valence-corrected chi connectivity index (χ3v) is 4.51. The van der Waals surface area contributed by atoms with Gasteiger partial charge >= 0.3 is 0 Å². The van der Waals surface area contributed by atoms with E-state index in [1.54, 1.807) is 48.5 Å². The number of amides is 1. The largest absolute Gasteiger partial charge is 0.493 e. The minimum absolute atomic E-state index is 0.253. The zero-order valence-electron chi connectivity index (χ0n) is 16.6. The van der Waals surface area contributed by atoms with Crippen molar-refractivity contribution in [3.05, 3.63) is 88.7 Å². The second kappa shape index (κ2) is 10.3. The number of anilines is 1. The minimum atomic E-state index is -0.396. The van der Waals surface area contributed by atoms with Crippen LogP contribution in [0.4, 0.5) is 10.1 Å². The van der Waals surface area contributed by atoms with Gasteiger partial charge in [-0.2, -0.15) is 5.26 Å². The van der Waals surface area contributed by atoms with E-state index in [1.165, 1.54) is 31.4 Å². The van der Waals surface area contributed by atoms with Gasteiger partial charge in [0, 0.05) is 10.7 Å². The van der Waals surface area contributed by atoms with Crippen LogP contribution in [0.1, 0.15) is 11.1 Å². The van der Waals surface area contributed by atoms with Gasteiger partial charge in [-0.15, -0.1) is 0 Å². The molecule has 3 rings (SSSR count). The quantitative estimate of drug-likeness (QED) is 0.388. The fourth-order valence-corrected chi connectivity index (χ4v) is 2.87. The summed E-state index contributed by atoms with van der Waals surface area (Å²) in [7, 11) is 1.48. The van der Waals surface area contributed by atoms with Crippen molar-refractivity contribution in [2.45, 2.75) is 0 Å². The zero-order chi connectivity index (χ0) is 22.2. The van der Waals surface area contributed by atoms with E-state index in [0.717, 1.165) is 11.1 Å².